The molecule has 3 nitrogen and oxygen atoms in total. The average Bonchev–Trinajstić information content (AvgIpc) is 1.60. The summed E-state index contributed by atoms with van der Waals surface area (Å²) in [7, 11) is 0. The summed E-state index contributed by atoms with van der Waals surface area (Å²) in [5.74, 6) is 0.359. The molecule has 0 radical (unpaired) electrons. The van der Waals surface area contributed by atoms with Crippen LogP contribution >= 0.6 is 0 Å². The van der Waals surface area contributed by atoms with Crippen LogP contribution in [0.1, 0.15) is 27.7 Å². The molecule has 0 unspecified atom stereocenters. The lowest BCUT2D eigenvalue weighted by molar-refractivity contribution is -0.497. The molecule has 0 spiro atoms. The molecule has 0 aliphatic heterocycles. The van der Waals surface area contributed by atoms with Gasteiger partial charge < -0.3 is 0 Å². The van der Waals surface area contributed by atoms with Crippen LogP contribution in [0.25, 0.3) is 0 Å². The third kappa shape index (κ3) is 2.80. The lowest BCUT2D eigenvalue weighted by Gasteiger charge is -2.23. The summed E-state index contributed by atoms with van der Waals surface area (Å²) >= 11 is 0. The molecule has 10 heavy (non-hydrogen) atoms. The Kier molecular flexibility index (Phi) is 2.81. The van der Waals surface area contributed by atoms with Crippen LogP contribution in [-0.4, -0.2) is 11.5 Å². The van der Waals surface area contributed by atoms with E-state index in [2.05, 4.69) is 0 Å². The van der Waals surface area contributed by atoms with Crippen molar-refractivity contribution < 1.29 is 4.92 Å². The van der Waals surface area contributed by atoms with Crippen molar-refractivity contribution in [2.45, 2.75) is 27.7 Å². The Balaban J connectivity index is 3.99. The first kappa shape index (κ1) is 9.40. The van der Waals surface area contributed by atoms with Crippen LogP contribution in [0, 0.1) is 21.4 Å². The zero-order valence-electron chi connectivity index (χ0n) is 7.05. The lowest BCUT2D eigenvalue weighted by atomic mass is 9.81. The Bertz CT molecular complexity index is 130. The zero-order chi connectivity index (χ0) is 8.36. The Labute approximate surface area is 61.6 Å². The van der Waals surface area contributed by atoms with Gasteiger partial charge in [-0.1, -0.05) is 27.7 Å². The maximum atomic E-state index is 10.1. The third-order valence-corrected chi connectivity index (χ3v) is 2.10. The van der Waals surface area contributed by atoms with Gasteiger partial charge in [0.15, 0.2) is 0 Å². The molecule has 0 aliphatic rings. The Morgan fingerprint density at radius 2 is 1.90 bits per heavy atom. The van der Waals surface area contributed by atoms with E-state index >= 15 is 0 Å². The minimum atomic E-state index is -0.250. The van der Waals surface area contributed by atoms with Gasteiger partial charge >= 0.3 is 0 Å². The van der Waals surface area contributed by atoms with E-state index in [1.165, 1.54) is 0 Å². The molecule has 0 aliphatic carbocycles. The summed E-state index contributed by atoms with van der Waals surface area (Å²) < 4.78 is 0. The summed E-state index contributed by atoms with van der Waals surface area (Å²) in [6.07, 6.45) is 0. The highest BCUT2D eigenvalue weighted by Gasteiger charge is 2.27. The Morgan fingerprint density at radius 3 is 2.00 bits per heavy atom. The van der Waals surface area contributed by atoms with E-state index in [1.54, 1.807) is 0 Å². The Hall–Kier alpha value is -0.600. The van der Waals surface area contributed by atoms with Crippen molar-refractivity contribution in [1.82, 2.24) is 0 Å². The van der Waals surface area contributed by atoms with Crippen molar-refractivity contribution in [2.75, 3.05) is 6.54 Å². The molecule has 0 aromatic heterocycles. The molecule has 0 heterocycles. The first-order chi connectivity index (χ1) is 4.36. The largest absolute Gasteiger partial charge is 0.265 e. The van der Waals surface area contributed by atoms with Gasteiger partial charge in [-0.3, -0.25) is 10.1 Å². The van der Waals surface area contributed by atoms with Crippen LogP contribution in [-0.2, 0) is 0 Å². The molecule has 60 valence electrons. The Morgan fingerprint density at radius 1 is 1.50 bits per heavy atom. The fourth-order valence-corrected chi connectivity index (χ4v) is 0.515. The molecule has 3 heteroatoms. The van der Waals surface area contributed by atoms with Crippen LogP contribution in [0.15, 0.2) is 0 Å². The van der Waals surface area contributed by atoms with Gasteiger partial charge in [-0.25, -0.2) is 0 Å². The van der Waals surface area contributed by atoms with E-state index < -0.39 is 0 Å². The molecular formula is C7H15NO2. The standard InChI is InChI=1S/C7H15NO2/c1-6(2)7(3,4)5-8(9)10/h6H,5H2,1-4H3. The maximum Gasteiger partial charge on any atom is 0.209 e. The number of hydrogen-bond acceptors (Lipinski definition) is 2. The monoisotopic (exact) mass is 145 g/mol. The molecule has 0 N–H and O–H groups in total. The molecule has 0 atom stereocenters. The van der Waals surface area contributed by atoms with E-state index in [9.17, 15) is 10.1 Å². The highest BCUT2D eigenvalue weighted by molar-refractivity contribution is 4.70. The van der Waals surface area contributed by atoms with E-state index in [0.717, 1.165) is 0 Å². The zero-order valence-corrected chi connectivity index (χ0v) is 7.05. The van der Waals surface area contributed by atoms with Gasteiger partial charge in [-0.05, 0) is 5.92 Å². The molecule has 0 aromatic carbocycles. The van der Waals surface area contributed by atoms with Gasteiger partial charge in [0.2, 0.25) is 6.54 Å². The predicted octanol–water partition coefficient (Wildman–Crippen LogP) is 1.95. The molecule has 0 fully saturated rings. The summed E-state index contributed by atoms with van der Waals surface area (Å²) in [5, 5.41) is 10.1. The van der Waals surface area contributed by atoms with Gasteiger partial charge in [0, 0.05) is 10.3 Å². The fourth-order valence-electron chi connectivity index (χ4n) is 0.515. The van der Waals surface area contributed by atoms with Gasteiger partial charge in [0.25, 0.3) is 0 Å². The highest BCUT2D eigenvalue weighted by Crippen LogP contribution is 2.25. The smallest absolute Gasteiger partial charge is 0.209 e. The molecule has 0 saturated heterocycles. The van der Waals surface area contributed by atoms with Crippen LogP contribution in [0.4, 0.5) is 0 Å². The second-order valence-corrected chi connectivity index (χ2v) is 3.63. The normalized spacial score (nSPS) is 12.1. The van der Waals surface area contributed by atoms with Crippen molar-refractivity contribution >= 4 is 0 Å². The van der Waals surface area contributed by atoms with Gasteiger partial charge in [-0.15, -0.1) is 0 Å². The van der Waals surface area contributed by atoms with Crippen LogP contribution in [0.3, 0.4) is 0 Å². The molecule has 0 aromatic rings. The van der Waals surface area contributed by atoms with E-state index in [1.807, 2.05) is 27.7 Å². The number of nitrogens with zero attached hydrogens (tertiary/aromatic N) is 1. The van der Waals surface area contributed by atoms with Crippen LogP contribution < -0.4 is 0 Å². The van der Waals surface area contributed by atoms with Crippen molar-refractivity contribution in [3.63, 3.8) is 0 Å². The highest BCUT2D eigenvalue weighted by atomic mass is 16.6. The quantitative estimate of drug-likeness (QED) is 0.450. The summed E-state index contributed by atoms with van der Waals surface area (Å²) in [4.78, 5) is 9.87. The van der Waals surface area contributed by atoms with Crippen LogP contribution in [0.5, 0.6) is 0 Å². The number of hydrogen-bond donors (Lipinski definition) is 0. The molecule has 0 bridgehead atoms. The number of nitro groups is 1. The van der Waals surface area contributed by atoms with E-state index in [4.69, 9.17) is 0 Å². The van der Waals surface area contributed by atoms with Gasteiger partial charge in [-0.2, -0.15) is 0 Å². The molecule has 0 amide bonds. The SMILES string of the molecule is CC(C)C(C)(C)C[N+](=O)[O-]. The second kappa shape index (κ2) is 2.99. The van der Waals surface area contributed by atoms with Crippen molar-refractivity contribution in [2.24, 2.45) is 11.3 Å². The van der Waals surface area contributed by atoms with Crippen LogP contribution in [0.2, 0.25) is 0 Å². The first-order valence-electron chi connectivity index (χ1n) is 3.48. The summed E-state index contributed by atoms with van der Waals surface area (Å²) in [6, 6.07) is 0. The van der Waals surface area contributed by atoms with E-state index in [-0.39, 0.29) is 16.9 Å². The second-order valence-electron chi connectivity index (χ2n) is 3.63. The maximum absolute atomic E-state index is 10.1. The fraction of sp³-hybridized carbons (Fsp3) is 1.00. The van der Waals surface area contributed by atoms with Gasteiger partial charge in [0.05, 0.1) is 0 Å². The topological polar surface area (TPSA) is 43.1 Å². The first-order valence-corrected chi connectivity index (χ1v) is 3.48. The van der Waals surface area contributed by atoms with Gasteiger partial charge in [0.1, 0.15) is 0 Å². The number of rotatable bonds is 3. The van der Waals surface area contributed by atoms with Crippen molar-refractivity contribution in [3.8, 4) is 0 Å². The van der Waals surface area contributed by atoms with E-state index in [0.29, 0.717) is 5.92 Å². The average molecular weight is 145 g/mol. The lowest BCUT2D eigenvalue weighted by Crippen LogP contribution is -2.28. The molecule has 0 saturated carbocycles. The predicted molar refractivity (Wildman–Crippen MR) is 40.5 cm³/mol. The molecular weight excluding hydrogens is 130 g/mol. The third-order valence-electron chi connectivity index (χ3n) is 2.10. The van der Waals surface area contributed by atoms with Crippen molar-refractivity contribution in [1.29, 1.82) is 0 Å². The van der Waals surface area contributed by atoms with Crippen molar-refractivity contribution in [3.05, 3.63) is 10.1 Å². The minimum Gasteiger partial charge on any atom is -0.265 e. The molecule has 0 rings (SSSR count). The summed E-state index contributed by atoms with van der Waals surface area (Å²) in [6.45, 7) is 7.90. The minimum absolute atomic E-state index is 0.0602. The summed E-state index contributed by atoms with van der Waals surface area (Å²) in [5.41, 5.74) is -0.177.